The highest BCUT2D eigenvalue weighted by atomic mass is 35.5. The van der Waals surface area contributed by atoms with Crippen LogP contribution in [0.4, 0.5) is 4.79 Å². The Morgan fingerprint density at radius 2 is 1.82 bits per heavy atom. The molecule has 3 N–H and O–H groups in total. The van der Waals surface area contributed by atoms with Gasteiger partial charge in [0.15, 0.2) is 0 Å². The highest BCUT2D eigenvalue weighted by molar-refractivity contribution is 6.61. The number of rotatable bonds is 1. The van der Waals surface area contributed by atoms with Gasteiger partial charge in [-0.05, 0) is 12.1 Å². The zero-order valence-electron chi connectivity index (χ0n) is 5.79. The predicted molar refractivity (Wildman–Crippen MR) is 43.3 cm³/mol. The van der Waals surface area contributed by atoms with E-state index in [4.69, 9.17) is 11.6 Å². The van der Waals surface area contributed by atoms with Crippen LogP contribution in [0.15, 0.2) is 30.3 Å². The normalized spacial score (nSPS) is 8.09. The molecule has 3 nitrogen and oxygen atoms in total. The first-order valence-corrected chi connectivity index (χ1v) is 3.09. The Morgan fingerprint density at radius 1 is 1.27 bits per heavy atom. The fourth-order valence-electron chi connectivity index (χ4n) is 0.581. The fourth-order valence-corrected chi connectivity index (χ4v) is 0.670. The Bertz CT molecular complexity index is 225. The summed E-state index contributed by atoms with van der Waals surface area (Å²) < 4.78 is 4.54. The quantitative estimate of drug-likeness (QED) is 0.664. The van der Waals surface area contributed by atoms with E-state index in [0.717, 1.165) is 0 Å². The van der Waals surface area contributed by atoms with E-state index in [9.17, 15) is 4.79 Å². The Kier molecular flexibility index (Phi) is 4.26. The van der Waals surface area contributed by atoms with Crippen molar-refractivity contribution in [1.82, 2.24) is 6.15 Å². The number of para-hydroxylation sites is 1. The van der Waals surface area contributed by atoms with E-state index >= 15 is 0 Å². The van der Waals surface area contributed by atoms with Crippen LogP contribution in [0.25, 0.3) is 0 Å². The molecule has 0 saturated heterocycles. The maximum absolute atomic E-state index is 10.2. The first kappa shape index (κ1) is 9.94. The van der Waals surface area contributed by atoms with E-state index in [-0.39, 0.29) is 6.15 Å². The molecule has 0 heterocycles. The molecule has 0 aliphatic carbocycles. The molecule has 60 valence electrons. The highest BCUT2D eigenvalue weighted by Gasteiger charge is 1.95. The van der Waals surface area contributed by atoms with Gasteiger partial charge in [0.25, 0.3) is 0 Å². The first-order chi connectivity index (χ1) is 4.79. The number of carbonyl (C=O) groups excluding carboxylic acids is 1. The van der Waals surface area contributed by atoms with Gasteiger partial charge >= 0.3 is 5.43 Å². The Morgan fingerprint density at radius 3 is 2.27 bits per heavy atom. The summed E-state index contributed by atoms with van der Waals surface area (Å²) in [6.07, 6.45) is 0. The second kappa shape index (κ2) is 4.71. The van der Waals surface area contributed by atoms with Crippen molar-refractivity contribution in [1.29, 1.82) is 0 Å². The third-order valence-electron chi connectivity index (χ3n) is 0.941. The van der Waals surface area contributed by atoms with E-state index in [1.165, 1.54) is 0 Å². The molecule has 0 aliphatic rings. The summed E-state index contributed by atoms with van der Waals surface area (Å²) in [6.45, 7) is 0. The standard InChI is InChI=1S/C7H5ClO2.H3N/c8-7(9)10-6-4-2-1-3-5-6;/h1-5H;1H3. The van der Waals surface area contributed by atoms with Gasteiger partial charge in [-0.25, -0.2) is 4.79 Å². The number of benzene rings is 1. The number of hydrogen-bond acceptors (Lipinski definition) is 3. The minimum atomic E-state index is -0.814. The van der Waals surface area contributed by atoms with Crippen LogP contribution in [0.5, 0.6) is 5.75 Å². The van der Waals surface area contributed by atoms with Crippen molar-refractivity contribution in [3.8, 4) is 5.75 Å². The summed E-state index contributed by atoms with van der Waals surface area (Å²) in [7, 11) is 0. The predicted octanol–water partition coefficient (Wildman–Crippen LogP) is 2.59. The molecule has 0 unspecified atom stereocenters. The first-order valence-electron chi connectivity index (χ1n) is 2.71. The van der Waals surface area contributed by atoms with Crippen LogP contribution in [0.3, 0.4) is 0 Å². The summed E-state index contributed by atoms with van der Waals surface area (Å²) in [4.78, 5) is 10.2. The minimum Gasteiger partial charge on any atom is -0.415 e. The second-order valence-electron chi connectivity index (χ2n) is 1.65. The molecule has 4 heteroatoms. The molecule has 11 heavy (non-hydrogen) atoms. The van der Waals surface area contributed by atoms with E-state index in [0.29, 0.717) is 5.75 Å². The molecule has 0 saturated carbocycles. The fraction of sp³-hybridized carbons (Fsp3) is 0. The van der Waals surface area contributed by atoms with Crippen molar-refractivity contribution in [2.24, 2.45) is 0 Å². The van der Waals surface area contributed by atoms with Crippen molar-refractivity contribution in [3.05, 3.63) is 30.3 Å². The van der Waals surface area contributed by atoms with Gasteiger partial charge in [0, 0.05) is 11.6 Å². The largest absolute Gasteiger partial charge is 0.415 e. The molecule has 0 fully saturated rings. The third kappa shape index (κ3) is 3.60. The van der Waals surface area contributed by atoms with Gasteiger partial charge in [-0.1, -0.05) is 18.2 Å². The molecule has 0 aliphatic heterocycles. The van der Waals surface area contributed by atoms with Gasteiger partial charge in [-0.15, -0.1) is 0 Å². The molecular weight excluding hydrogens is 166 g/mol. The van der Waals surface area contributed by atoms with E-state index < -0.39 is 5.43 Å². The summed E-state index contributed by atoms with van der Waals surface area (Å²) in [5.41, 5.74) is -0.814. The van der Waals surface area contributed by atoms with Crippen LogP contribution in [-0.4, -0.2) is 5.43 Å². The molecule has 0 amide bonds. The summed E-state index contributed by atoms with van der Waals surface area (Å²) >= 11 is 4.95. The number of halogens is 1. The monoisotopic (exact) mass is 173 g/mol. The summed E-state index contributed by atoms with van der Waals surface area (Å²) in [6, 6.07) is 8.65. The SMILES string of the molecule is N.O=C(Cl)Oc1ccccc1. The average molecular weight is 174 g/mol. The summed E-state index contributed by atoms with van der Waals surface area (Å²) in [5, 5.41) is 0. The van der Waals surface area contributed by atoms with Crippen LogP contribution in [-0.2, 0) is 0 Å². The van der Waals surface area contributed by atoms with Crippen LogP contribution in [0, 0.1) is 0 Å². The van der Waals surface area contributed by atoms with Gasteiger partial charge < -0.3 is 10.9 Å². The maximum atomic E-state index is 10.2. The third-order valence-corrected chi connectivity index (χ3v) is 1.02. The molecule has 0 radical (unpaired) electrons. The molecule has 1 rings (SSSR count). The lowest BCUT2D eigenvalue weighted by molar-refractivity contribution is 0.225. The van der Waals surface area contributed by atoms with Crippen molar-refractivity contribution in [2.45, 2.75) is 0 Å². The van der Waals surface area contributed by atoms with E-state index in [1.54, 1.807) is 24.3 Å². The molecule has 1 aromatic carbocycles. The van der Waals surface area contributed by atoms with Gasteiger partial charge in [0.05, 0.1) is 0 Å². The van der Waals surface area contributed by atoms with Crippen LogP contribution < -0.4 is 10.9 Å². The van der Waals surface area contributed by atoms with Gasteiger partial charge in [-0.3, -0.25) is 0 Å². The molecule has 0 aromatic heterocycles. The molecule has 0 bridgehead atoms. The molecule has 0 spiro atoms. The lowest BCUT2D eigenvalue weighted by atomic mass is 10.3. The summed E-state index contributed by atoms with van der Waals surface area (Å²) in [5.74, 6) is 0.461. The van der Waals surface area contributed by atoms with Crippen LogP contribution in [0.2, 0.25) is 0 Å². The maximum Gasteiger partial charge on any atom is 0.409 e. The Balaban J connectivity index is 0.000001000. The smallest absolute Gasteiger partial charge is 0.409 e. The number of carbonyl (C=O) groups is 1. The van der Waals surface area contributed by atoms with Gasteiger partial charge in [0.2, 0.25) is 0 Å². The lowest BCUT2D eigenvalue weighted by Crippen LogP contribution is -1.94. The lowest BCUT2D eigenvalue weighted by Gasteiger charge is -1.95. The Hall–Kier alpha value is -1.06. The number of hydrogen-bond donors (Lipinski definition) is 1. The zero-order valence-corrected chi connectivity index (χ0v) is 6.54. The average Bonchev–Trinajstić information content (AvgIpc) is 1.88. The highest BCUT2D eigenvalue weighted by Crippen LogP contribution is 2.09. The second-order valence-corrected chi connectivity index (χ2v) is 1.96. The Labute approximate surface area is 69.5 Å². The zero-order chi connectivity index (χ0) is 7.40. The van der Waals surface area contributed by atoms with Crippen LogP contribution in [0.1, 0.15) is 0 Å². The van der Waals surface area contributed by atoms with Crippen LogP contribution >= 0.6 is 11.6 Å². The number of ether oxygens (including phenoxy) is 1. The topological polar surface area (TPSA) is 61.3 Å². The van der Waals surface area contributed by atoms with Crippen molar-refractivity contribution in [2.75, 3.05) is 0 Å². The molecule has 1 aromatic rings. The van der Waals surface area contributed by atoms with Gasteiger partial charge in [-0.2, -0.15) is 0 Å². The van der Waals surface area contributed by atoms with Crippen molar-refractivity contribution < 1.29 is 9.53 Å². The molecule has 0 atom stereocenters. The van der Waals surface area contributed by atoms with E-state index in [2.05, 4.69) is 4.74 Å². The van der Waals surface area contributed by atoms with E-state index in [1.807, 2.05) is 6.07 Å². The van der Waals surface area contributed by atoms with Crippen molar-refractivity contribution in [3.63, 3.8) is 0 Å². The van der Waals surface area contributed by atoms with Gasteiger partial charge in [0.1, 0.15) is 5.75 Å². The minimum absolute atomic E-state index is 0. The van der Waals surface area contributed by atoms with Crippen molar-refractivity contribution >= 4 is 17.0 Å². The molecular formula is C7H8ClNO2.